The summed E-state index contributed by atoms with van der Waals surface area (Å²) in [5, 5.41) is 0. The standard InChI is InChI=1S/C11H20O2/c1-7(2)9-6-11(4,5)8(3)13-10(9)12/h7-9H,6H2,1-5H3/t8-,9?/m1/s1. The van der Waals surface area contributed by atoms with Crippen molar-refractivity contribution >= 4 is 5.97 Å². The normalized spacial score (nSPS) is 33.2. The van der Waals surface area contributed by atoms with Gasteiger partial charge in [-0.3, -0.25) is 4.79 Å². The maximum absolute atomic E-state index is 11.5. The van der Waals surface area contributed by atoms with Crippen LogP contribution in [0.1, 0.15) is 41.0 Å². The minimum Gasteiger partial charge on any atom is -0.462 e. The number of esters is 1. The smallest absolute Gasteiger partial charge is 0.309 e. The van der Waals surface area contributed by atoms with Crippen molar-refractivity contribution in [2.24, 2.45) is 17.3 Å². The summed E-state index contributed by atoms with van der Waals surface area (Å²) in [5.41, 5.74) is 0.128. The number of ether oxygens (including phenoxy) is 1. The average Bonchev–Trinajstić information content (AvgIpc) is 1.97. The molecule has 2 nitrogen and oxygen atoms in total. The first-order valence-corrected chi connectivity index (χ1v) is 5.05. The van der Waals surface area contributed by atoms with Crippen molar-refractivity contribution in [3.8, 4) is 0 Å². The molecule has 0 radical (unpaired) electrons. The second kappa shape index (κ2) is 3.32. The van der Waals surface area contributed by atoms with Crippen LogP contribution in [-0.4, -0.2) is 12.1 Å². The molecule has 0 aromatic rings. The fraction of sp³-hybridized carbons (Fsp3) is 0.909. The van der Waals surface area contributed by atoms with Gasteiger partial charge in [-0.15, -0.1) is 0 Å². The SMILES string of the molecule is CC(C)C1CC(C)(C)[C@@H](C)OC1=O. The van der Waals surface area contributed by atoms with Crippen LogP contribution in [0, 0.1) is 17.3 Å². The molecule has 1 aliphatic rings. The number of carbonyl (C=O) groups excluding carboxylic acids is 1. The summed E-state index contributed by atoms with van der Waals surface area (Å²) in [6, 6.07) is 0. The van der Waals surface area contributed by atoms with Crippen LogP contribution in [0.4, 0.5) is 0 Å². The Hall–Kier alpha value is -0.530. The van der Waals surface area contributed by atoms with Gasteiger partial charge in [0.25, 0.3) is 0 Å². The van der Waals surface area contributed by atoms with Gasteiger partial charge < -0.3 is 4.74 Å². The molecule has 1 saturated heterocycles. The first-order valence-electron chi connectivity index (χ1n) is 5.05. The van der Waals surface area contributed by atoms with Crippen LogP contribution < -0.4 is 0 Å². The number of carbonyl (C=O) groups is 1. The van der Waals surface area contributed by atoms with Gasteiger partial charge in [-0.25, -0.2) is 0 Å². The van der Waals surface area contributed by atoms with Crippen LogP contribution in [0.15, 0.2) is 0 Å². The lowest BCUT2D eigenvalue weighted by atomic mass is 9.73. The van der Waals surface area contributed by atoms with Crippen molar-refractivity contribution in [2.45, 2.75) is 47.1 Å². The van der Waals surface area contributed by atoms with Crippen molar-refractivity contribution in [3.63, 3.8) is 0 Å². The minimum absolute atomic E-state index is 0.0122. The van der Waals surface area contributed by atoms with E-state index in [2.05, 4.69) is 27.7 Å². The van der Waals surface area contributed by atoms with Crippen molar-refractivity contribution in [1.29, 1.82) is 0 Å². The Morgan fingerprint density at radius 1 is 1.46 bits per heavy atom. The van der Waals surface area contributed by atoms with Gasteiger partial charge in [0.05, 0.1) is 5.92 Å². The van der Waals surface area contributed by atoms with E-state index in [9.17, 15) is 4.79 Å². The lowest BCUT2D eigenvalue weighted by molar-refractivity contribution is -0.173. The monoisotopic (exact) mass is 184 g/mol. The zero-order valence-corrected chi connectivity index (χ0v) is 9.26. The minimum atomic E-state index is -0.0122. The molecular formula is C11H20O2. The zero-order chi connectivity index (χ0) is 10.2. The number of hydrogen-bond donors (Lipinski definition) is 0. The summed E-state index contributed by atoms with van der Waals surface area (Å²) in [7, 11) is 0. The van der Waals surface area contributed by atoms with E-state index in [0.717, 1.165) is 6.42 Å². The van der Waals surface area contributed by atoms with Gasteiger partial charge in [-0.2, -0.15) is 0 Å². The van der Waals surface area contributed by atoms with Crippen LogP contribution >= 0.6 is 0 Å². The molecule has 0 aromatic carbocycles. The Bertz CT molecular complexity index is 206. The molecule has 1 fully saturated rings. The summed E-state index contributed by atoms with van der Waals surface area (Å²) < 4.78 is 5.34. The van der Waals surface area contributed by atoms with Crippen molar-refractivity contribution < 1.29 is 9.53 Å². The second-order valence-corrected chi connectivity index (χ2v) is 5.12. The Kier molecular flexibility index (Phi) is 2.69. The summed E-state index contributed by atoms with van der Waals surface area (Å²) in [6.45, 7) is 10.5. The highest BCUT2D eigenvalue weighted by Gasteiger charge is 2.41. The third-order valence-electron chi connectivity index (χ3n) is 3.25. The zero-order valence-electron chi connectivity index (χ0n) is 9.26. The van der Waals surface area contributed by atoms with Gasteiger partial charge in [0.15, 0.2) is 0 Å². The predicted molar refractivity (Wildman–Crippen MR) is 52.3 cm³/mol. The predicted octanol–water partition coefficient (Wildman–Crippen LogP) is 2.62. The van der Waals surface area contributed by atoms with E-state index in [1.807, 2.05) is 6.92 Å². The van der Waals surface area contributed by atoms with Gasteiger partial charge in [0.2, 0.25) is 0 Å². The lowest BCUT2D eigenvalue weighted by Gasteiger charge is -2.40. The molecule has 76 valence electrons. The van der Waals surface area contributed by atoms with Crippen LogP contribution in [0.5, 0.6) is 0 Å². The van der Waals surface area contributed by atoms with Crippen molar-refractivity contribution in [1.82, 2.24) is 0 Å². The molecule has 0 spiro atoms. The molecule has 0 bridgehead atoms. The maximum Gasteiger partial charge on any atom is 0.309 e. The molecule has 1 heterocycles. The fourth-order valence-electron chi connectivity index (χ4n) is 1.75. The number of cyclic esters (lactones) is 1. The maximum atomic E-state index is 11.5. The Morgan fingerprint density at radius 3 is 2.46 bits per heavy atom. The molecule has 0 aliphatic carbocycles. The van der Waals surface area contributed by atoms with E-state index in [0.29, 0.717) is 5.92 Å². The summed E-state index contributed by atoms with van der Waals surface area (Å²) in [4.78, 5) is 11.5. The highest BCUT2D eigenvalue weighted by atomic mass is 16.5. The molecule has 1 unspecified atom stereocenters. The molecule has 0 saturated carbocycles. The topological polar surface area (TPSA) is 26.3 Å². The van der Waals surface area contributed by atoms with Crippen LogP contribution in [0.2, 0.25) is 0 Å². The highest BCUT2D eigenvalue weighted by Crippen LogP contribution is 2.39. The molecule has 1 rings (SSSR count). The van der Waals surface area contributed by atoms with Crippen molar-refractivity contribution in [2.75, 3.05) is 0 Å². The highest BCUT2D eigenvalue weighted by molar-refractivity contribution is 5.73. The second-order valence-electron chi connectivity index (χ2n) is 5.12. The number of rotatable bonds is 1. The molecule has 2 heteroatoms. The third kappa shape index (κ3) is 2.04. The van der Waals surface area contributed by atoms with E-state index in [4.69, 9.17) is 4.74 Å². The molecule has 0 amide bonds. The van der Waals surface area contributed by atoms with Gasteiger partial charge in [-0.05, 0) is 19.3 Å². The summed E-state index contributed by atoms with van der Waals surface area (Å²) in [6.07, 6.45) is 1.000. The van der Waals surface area contributed by atoms with Gasteiger partial charge >= 0.3 is 5.97 Å². The van der Waals surface area contributed by atoms with Crippen LogP contribution in [-0.2, 0) is 9.53 Å². The van der Waals surface area contributed by atoms with E-state index >= 15 is 0 Å². The molecule has 13 heavy (non-hydrogen) atoms. The van der Waals surface area contributed by atoms with E-state index < -0.39 is 0 Å². The molecule has 0 N–H and O–H groups in total. The van der Waals surface area contributed by atoms with E-state index in [-0.39, 0.29) is 23.4 Å². The van der Waals surface area contributed by atoms with Gasteiger partial charge in [-0.1, -0.05) is 27.7 Å². The van der Waals surface area contributed by atoms with Crippen molar-refractivity contribution in [3.05, 3.63) is 0 Å². The van der Waals surface area contributed by atoms with Gasteiger partial charge in [0.1, 0.15) is 6.10 Å². The summed E-state index contributed by atoms with van der Waals surface area (Å²) >= 11 is 0. The quantitative estimate of drug-likeness (QED) is 0.585. The Morgan fingerprint density at radius 2 is 2.00 bits per heavy atom. The first-order chi connectivity index (χ1) is 5.84. The largest absolute Gasteiger partial charge is 0.462 e. The molecular weight excluding hydrogens is 164 g/mol. The molecule has 1 aliphatic heterocycles. The Balaban J connectivity index is 2.76. The third-order valence-corrected chi connectivity index (χ3v) is 3.25. The van der Waals surface area contributed by atoms with Crippen LogP contribution in [0.3, 0.4) is 0 Å². The van der Waals surface area contributed by atoms with Gasteiger partial charge in [0, 0.05) is 5.41 Å². The summed E-state index contributed by atoms with van der Waals surface area (Å²) in [5.74, 6) is 0.465. The Labute approximate surface area is 80.7 Å². The molecule has 0 aromatic heterocycles. The van der Waals surface area contributed by atoms with E-state index in [1.165, 1.54) is 0 Å². The van der Waals surface area contributed by atoms with Crippen LogP contribution in [0.25, 0.3) is 0 Å². The van der Waals surface area contributed by atoms with E-state index in [1.54, 1.807) is 0 Å². The fourth-order valence-corrected chi connectivity index (χ4v) is 1.75. The first kappa shape index (κ1) is 10.6. The average molecular weight is 184 g/mol. The number of hydrogen-bond acceptors (Lipinski definition) is 2. The lowest BCUT2D eigenvalue weighted by Crippen LogP contribution is -2.43. The molecule has 2 atom stereocenters.